The fourth-order valence-electron chi connectivity index (χ4n) is 2.23. The van der Waals surface area contributed by atoms with Crippen molar-refractivity contribution in [2.24, 2.45) is 0 Å². The van der Waals surface area contributed by atoms with E-state index in [9.17, 15) is 4.79 Å². The number of aromatic amines is 1. The van der Waals surface area contributed by atoms with Crippen molar-refractivity contribution in [1.29, 1.82) is 0 Å². The van der Waals surface area contributed by atoms with Gasteiger partial charge in [0.25, 0.3) is 0 Å². The van der Waals surface area contributed by atoms with Crippen molar-refractivity contribution in [2.75, 3.05) is 6.61 Å². The molecule has 3 aromatic rings. The lowest BCUT2D eigenvalue weighted by atomic mass is 10.3. The first kappa shape index (κ1) is 10.9. The number of esters is 1. The van der Waals surface area contributed by atoms with Gasteiger partial charge in [-0.2, -0.15) is 0 Å². The highest BCUT2D eigenvalue weighted by Gasteiger charge is 2.29. The largest absolute Gasteiger partial charge is 0.465 e. The number of para-hydroxylation sites is 2. The third-order valence-corrected chi connectivity index (χ3v) is 4.34. The molecule has 4 rings (SSSR count). The molecule has 0 amide bonds. The van der Waals surface area contributed by atoms with Crippen molar-refractivity contribution in [3.8, 4) is 0 Å². The Balaban J connectivity index is 1.83. The van der Waals surface area contributed by atoms with E-state index in [1.54, 1.807) is 0 Å². The maximum atomic E-state index is 11.5. The van der Waals surface area contributed by atoms with Gasteiger partial charge < -0.3 is 4.74 Å². The predicted molar refractivity (Wildman–Crippen MR) is 70.1 cm³/mol. The van der Waals surface area contributed by atoms with Crippen LogP contribution in [0.1, 0.15) is 6.42 Å². The Morgan fingerprint density at radius 3 is 3.16 bits per heavy atom. The summed E-state index contributed by atoms with van der Waals surface area (Å²) in [6.07, 6.45) is 0.727. The molecule has 1 N–H and O–H groups in total. The molecule has 2 aromatic heterocycles. The average Bonchev–Trinajstić information content (AvgIpc) is 3.07. The van der Waals surface area contributed by atoms with Crippen molar-refractivity contribution >= 4 is 34.5 Å². The molecule has 96 valence electrons. The first-order valence-corrected chi connectivity index (χ1v) is 6.86. The molecule has 0 aliphatic carbocycles. The second kappa shape index (κ2) is 3.99. The number of ether oxygens (including phenoxy) is 1. The number of nitrogens with zero attached hydrogens (tertiary/aromatic N) is 3. The van der Waals surface area contributed by atoms with Gasteiger partial charge in [0.05, 0.1) is 17.6 Å². The van der Waals surface area contributed by atoms with E-state index >= 15 is 0 Å². The zero-order valence-corrected chi connectivity index (χ0v) is 10.7. The lowest BCUT2D eigenvalue weighted by molar-refractivity contribution is -0.137. The predicted octanol–water partition coefficient (Wildman–Crippen LogP) is 1.62. The van der Waals surface area contributed by atoms with Crippen molar-refractivity contribution in [3.05, 3.63) is 24.3 Å². The van der Waals surface area contributed by atoms with Crippen LogP contribution in [0.5, 0.6) is 0 Å². The molecule has 6 nitrogen and oxygen atoms in total. The molecule has 1 atom stereocenters. The molecule has 1 aromatic carbocycles. The van der Waals surface area contributed by atoms with Gasteiger partial charge in [-0.25, -0.2) is 10.1 Å². The fraction of sp³-hybridized carbons (Fsp3) is 0.250. The number of thioether (sulfide) groups is 1. The summed E-state index contributed by atoms with van der Waals surface area (Å²) in [5, 5.41) is 7.70. The normalized spacial score (nSPS) is 19.4. The maximum absolute atomic E-state index is 11.5. The Morgan fingerprint density at radius 2 is 2.32 bits per heavy atom. The number of H-pyrrole nitrogens is 1. The van der Waals surface area contributed by atoms with E-state index in [0.29, 0.717) is 12.4 Å². The number of rotatable bonds is 2. The summed E-state index contributed by atoms with van der Waals surface area (Å²) in [5.74, 6) is 0.528. The Kier molecular flexibility index (Phi) is 2.28. The second-order valence-electron chi connectivity index (χ2n) is 4.33. The number of aromatic nitrogens is 4. The molecular weight excluding hydrogens is 264 g/mol. The lowest BCUT2D eigenvalue weighted by Crippen LogP contribution is -2.10. The smallest absolute Gasteiger partial charge is 0.319 e. The highest BCUT2D eigenvalue weighted by molar-refractivity contribution is 8.00. The van der Waals surface area contributed by atoms with E-state index in [4.69, 9.17) is 4.74 Å². The fourth-order valence-corrected chi connectivity index (χ4v) is 3.25. The SMILES string of the molecule is O=C1OCC[C@@H]1Sc1n[nH]c2nc3ccccc3n12. The van der Waals surface area contributed by atoms with Gasteiger partial charge in [-0.3, -0.25) is 9.20 Å². The third kappa shape index (κ3) is 1.61. The number of hydrogen-bond donors (Lipinski definition) is 1. The van der Waals surface area contributed by atoms with E-state index in [1.807, 2.05) is 28.7 Å². The van der Waals surface area contributed by atoms with Crippen LogP contribution in [0, 0.1) is 0 Å². The lowest BCUT2D eigenvalue weighted by Gasteiger charge is -2.02. The first-order valence-electron chi connectivity index (χ1n) is 5.98. The van der Waals surface area contributed by atoms with E-state index in [-0.39, 0.29) is 11.2 Å². The molecule has 0 saturated carbocycles. The molecule has 1 fully saturated rings. The van der Waals surface area contributed by atoms with Gasteiger partial charge in [0.1, 0.15) is 5.25 Å². The minimum Gasteiger partial charge on any atom is -0.465 e. The number of imidazole rings is 1. The molecule has 1 aliphatic heterocycles. The van der Waals surface area contributed by atoms with Crippen molar-refractivity contribution < 1.29 is 9.53 Å². The van der Waals surface area contributed by atoms with Gasteiger partial charge in [0.2, 0.25) is 5.78 Å². The Labute approximate surface area is 112 Å². The quantitative estimate of drug-likeness (QED) is 0.719. The van der Waals surface area contributed by atoms with Crippen LogP contribution < -0.4 is 0 Å². The molecular formula is C12H10N4O2S. The molecule has 3 heterocycles. The van der Waals surface area contributed by atoms with E-state index < -0.39 is 0 Å². The van der Waals surface area contributed by atoms with Gasteiger partial charge in [0, 0.05) is 6.42 Å². The van der Waals surface area contributed by atoms with Crippen LogP contribution in [-0.2, 0) is 9.53 Å². The average molecular weight is 274 g/mol. The summed E-state index contributed by atoms with van der Waals surface area (Å²) < 4.78 is 6.91. The minimum absolute atomic E-state index is 0.162. The third-order valence-electron chi connectivity index (χ3n) is 3.14. The summed E-state index contributed by atoms with van der Waals surface area (Å²) in [5.41, 5.74) is 1.90. The maximum Gasteiger partial charge on any atom is 0.319 e. The topological polar surface area (TPSA) is 72.3 Å². The molecule has 0 unspecified atom stereocenters. The molecule has 19 heavy (non-hydrogen) atoms. The van der Waals surface area contributed by atoms with Crippen LogP contribution >= 0.6 is 11.8 Å². The van der Waals surface area contributed by atoms with Gasteiger partial charge in [0.15, 0.2) is 5.16 Å². The monoisotopic (exact) mass is 274 g/mol. The van der Waals surface area contributed by atoms with Gasteiger partial charge in [-0.1, -0.05) is 23.9 Å². The Morgan fingerprint density at radius 1 is 1.42 bits per heavy atom. The molecule has 1 aliphatic rings. The molecule has 1 saturated heterocycles. The highest BCUT2D eigenvalue weighted by atomic mass is 32.2. The van der Waals surface area contributed by atoms with Crippen LogP contribution in [0.2, 0.25) is 0 Å². The summed E-state index contributed by atoms with van der Waals surface area (Å²) in [6.45, 7) is 0.495. The number of hydrogen-bond acceptors (Lipinski definition) is 5. The van der Waals surface area contributed by atoms with Crippen LogP contribution in [0.15, 0.2) is 29.4 Å². The summed E-state index contributed by atoms with van der Waals surface area (Å²) in [6, 6.07) is 7.85. The van der Waals surface area contributed by atoms with E-state index in [1.165, 1.54) is 11.8 Å². The van der Waals surface area contributed by atoms with Crippen molar-refractivity contribution in [3.63, 3.8) is 0 Å². The zero-order chi connectivity index (χ0) is 12.8. The van der Waals surface area contributed by atoms with Crippen LogP contribution in [-0.4, -0.2) is 37.4 Å². The number of nitrogens with one attached hydrogen (secondary N) is 1. The summed E-state index contributed by atoms with van der Waals surface area (Å²) in [7, 11) is 0. The number of fused-ring (bicyclic) bond motifs is 3. The van der Waals surface area contributed by atoms with Gasteiger partial charge in [-0.15, -0.1) is 5.10 Å². The molecule has 0 bridgehead atoms. The van der Waals surface area contributed by atoms with Crippen molar-refractivity contribution in [1.82, 2.24) is 19.6 Å². The molecule has 0 spiro atoms. The summed E-state index contributed by atoms with van der Waals surface area (Å²) >= 11 is 1.42. The van der Waals surface area contributed by atoms with Gasteiger partial charge >= 0.3 is 5.97 Å². The first-order chi connectivity index (χ1) is 9.33. The van der Waals surface area contributed by atoms with E-state index in [2.05, 4.69) is 15.2 Å². The highest BCUT2D eigenvalue weighted by Crippen LogP contribution is 2.30. The van der Waals surface area contributed by atoms with E-state index in [0.717, 1.165) is 22.6 Å². The number of carbonyl (C=O) groups is 1. The zero-order valence-electron chi connectivity index (χ0n) is 9.87. The number of benzene rings is 1. The Hall–Kier alpha value is -2.02. The van der Waals surface area contributed by atoms with Crippen molar-refractivity contribution in [2.45, 2.75) is 16.8 Å². The summed E-state index contributed by atoms with van der Waals surface area (Å²) in [4.78, 5) is 16.0. The molecule has 0 radical (unpaired) electrons. The minimum atomic E-state index is -0.173. The van der Waals surface area contributed by atoms with Crippen LogP contribution in [0.3, 0.4) is 0 Å². The standard InChI is InChI=1S/C12H10N4O2S/c17-10-9(5-6-18-10)19-12-15-14-11-13-7-3-1-2-4-8(7)16(11)12/h1-4,9H,5-6H2,(H,13,14)/t9-/m0/s1. The second-order valence-corrected chi connectivity index (χ2v) is 5.50. The van der Waals surface area contributed by atoms with Gasteiger partial charge in [-0.05, 0) is 12.1 Å². The number of cyclic esters (lactones) is 1. The Bertz CT molecular complexity index is 778. The van der Waals surface area contributed by atoms with Crippen LogP contribution in [0.25, 0.3) is 16.8 Å². The number of carbonyl (C=O) groups excluding carboxylic acids is 1. The molecule has 7 heteroatoms. The van der Waals surface area contributed by atoms with Crippen LogP contribution in [0.4, 0.5) is 0 Å².